The molecule has 0 aliphatic carbocycles. The molecule has 1 N–H and O–H groups in total. The molecule has 2 aromatic rings. The first-order valence-electron chi connectivity index (χ1n) is 7.11. The van der Waals surface area contributed by atoms with E-state index in [1.807, 2.05) is 0 Å². The first kappa shape index (κ1) is 18.7. The highest BCUT2D eigenvalue weighted by Gasteiger charge is 2.25. The Morgan fingerprint density at radius 3 is 2.62 bits per heavy atom. The van der Waals surface area contributed by atoms with E-state index in [2.05, 4.69) is 5.18 Å². The third-order valence-corrected chi connectivity index (χ3v) is 6.42. The summed E-state index contributed by atoms with van der Waals surface area (Å²) in [6.07, 6.45) is -0.672. The molecule has 2 rings (SSSR count). The van der Waals surface area contributed by atoms with Gasteiger partial charge in [-0.3, -0.25) is 0 Å². The van der Waals surface area contributed by atoms with E-state index in [0.717, 1.165) is 9.18 Å². The summed E-state index contributed by atoms with van der Waals surface area (Å²) in [6.45, 7) is -0.0613. The molecule has 0 saturated carbocycles. The van der Waals surface area contributed by atoms with E-state index in [1.165, 1.54) is 54.1 Å². The number of nitrogens with zero attached hydrogens (tertiary/aromatic N) is 2. The molecule has 0 bridgehead atoms. The number of hydrogen-bond acceptors (Lipinski definition) is 6. The van der Waals surface area contributed by atoms with Gasteiger partial charge in [0.2, 0.25) is 10.0 Å². The van der Waals surface area contributed by atoms with Crippen LogP contribution in [0.25, 0.3) is 0 Å². The predicted octanol–water partition coefficient (Wildman–Crippen LogP) is 2.55. The second-order valence-electron chi connectivity index (χ2n) is 5.20. The predicted molar refractivity (Wildman–Crippen MR) is 89.9 cm³/mol. The number of rotatable bonds is 8. The lowest BCUT2D eigenvalue weighted by atomic mass is 10.1. The second-order valence-corrected chi connectivity index (χ2v) is 8.24. The molecule has 6 nitrogen and oxygen atoms in total. The lowest BCUT2D eigenvalue weighted by Crippen LogP contribution is -2.31. The number of hydrogen-bond donors (Lipinski definition) is 1. The van der Waals surface area contributed by atoms with Crippen molar-refractivity contribution in [1.82, 2.24) is 4.31 Å². The van der Waals surface area contributed by atoms with Crippen LogP contribution < -0.4 is 0 Å². The zero-order valence-corrected chi connectivity index (χ0v) is 14.6. The smallest absolute Gasteiger partial charge is 0.243 e. The third-order valence-electron chi connectivity index (χ3n) is 3.47. The molecule has 0 aliphatic heterocycles. The van der Waals surface area contributed by atoms with Gasteiger partial charge in [0.1, 0.15) is 5.82 Å². The normalized spacial score (nSPS) is 13.2. The fourth-order valence-electron chi connectivity index (χ4n) is 2.09. The van der Waals surface area contributed by atoms with Crippen LogP contribution in [0.2, 0.25) is 0 Å². The number of aliphatic hydroxyl groups excluding tert-OH is 1. The molecule has 0 spiro atoms. The van der Waals surface area contributed by atoms with Crippen molar-refractivity contribution < 1.29 is 17.9 Å². The molecule has 1 aromatic carbocycles. The minimum absolute atomic E-state index is 0.0964. The molecule has 0 aliphatic rings. The fraction of sp³-hybridized carbons (Fsp3) is 0.333. The molecule has 0 amide bonds. The van der Waals surface area contributed by atoms with Crippen LogP contribution in [0, 0.1) is 10.7 Å². The summed E-state index contributed by atoms with van der Waals surface area (Å²) in [6, 6.07) is 6.75. The molecule has 9 heteroatoms. The largest absolute Gasteiger partial charge is 0.387 e. The van der Waals surface area contributed by atoms with Gasteiger partial charge in [0.15, 0.2) is 0 Å². The van der Waals surface area contributed by atoms with Gasteiger partial charge in [-0.05, 0) is 23.8 Å². The summed E-state index contributed by atoms with van der Waals surface area (Å²) in [4.78, 5) is 11.0. The molecule has 24 heavy (non-hydrogen) atoms. The molecule has 1 unspecified atom stereocenters. The average molecular weight is 372 g/mol. The van der Waals surface area contributed by atoms with Crippen LogP contribution >= 0.6 is 11.3 Å². The number of thiophene rings is 1. The zero-order chi connectivity index (χ0) is 17.7. The van der Waals surface area contributed by atoms with Gasteiger partial charge in [0.05, 0.1) is 17.5 Å². The first-order chi connectivity index (χ1) is 11.3. The van der Waals surface area contributed by atoms with E-state index < -0.39 is 21.9 Å². The molecular formula is C15H17FN2O4S2. The van der Waals surface area contributed by atoms with Crippen LogP contribution in [0.1, 0.15) is 16.5 Å². The van der Waals surface area contributed by atoms with Crippen molar-refractivity contribution in [2.24, 2.45) is 5.18 Å². The van der Waals surface area contributed by atoms with Crippen LogP contribution in [-0.2, 0) is 16.4 Å². The highest BCUT2D eigenvalue weighted by atomic mass is 32.2. The Balaban J connectivity index is 2.09. The summed E-state index contributed by atoms with van der Waals surface area (Å²) in [5.41, 5.74) is 0.432. The first-order valence-corrected chi connectivity index (χ1v) is 9.43. The number of sulfonamides is 1. The number of nitroso groups, excluding NO2 is 1. The van der Waals surface area contributed by atoms with Crippen LogP contribution in [0.4, 0.5) is 4.39 Å². The van der Waals surface area contributed by atoms with Crippen molar-refractivity contribution in [2.45, 2.75) is 17.4 Å². The van der Waals surface area contributed by atoms with Crippen LogP contribution in [-0.4, -0.2) is 38.0 Å². The highest BCUT2D eigenvalue weighted by Crippen LogP contribution is 2.24. The van der Waals surface area contributed by atoms with Crippen molar-refractivity contribution in [3.05, 3.63) is 56.9 Å². The maximum Gasteiger partial charge on any atom is 0.243 e. The van der Waals surface area contributed by atoms with Gasteiger partial charge in [-0.15, -0.1) is 11.3 Å². The van der Waals surface area contributed by atoms with Gasteiger partial charge in [-0.2, -0.15) is 9.21 Å². The van der Waals surface area contributed by atoms with Crippen molar-refractivity contribution in [1.29, 1.82) is 0 Å². The van der Waals surface area contributed by atoms with E-state index in [9.17, 15) is 22.8 Å². The lowest BCUT2D eigenvalue weighted by molar-refractivity contribution is 0.155. The van der Waals surface area contributed by atoms with E-state index >= 15 is 0 Å². The Hall–Kier alpha value is -1.68. The van der Waals surface area contributed by atoms with Gasteiger partial charge in [0.25, 0.3) is 0 Å². The Morgan fingerprint density at radius 2 is 2.00 bits per heavy atom. The van der Waals surface area contributed by atoms with E-state index in [0.29, 0.717) is 12.0 Å². The molecule has 0 radical (unpaired) electrons. The minimum atomic E-state index is -3.75. The van der Waals surface area contributed by atoms with Gasteiger partial charge in [-0.1, -0.05) is 17.3 Å². The second kappa shape index (κ2) is 7.93. The number of likely N-dealkylation sites (N-methyl/N-ethyl adjacent to an activating group) is 1. The number of halogens is 1. The molecule has 1 heterocycles. The average Bonchev–Trinajstić information content (AvgIpc) is 3.03. The topological polar surface area (TPSA) is 87.0 Å². The standard InChI is InChI=1S/C15H17FN2O4S2/c1-18(9-15(19)11-2-4-12(16)5-3-11)24(21,22)14-8-13(23-10-14)6-7-17-20/h2-5,8,10,15,19H,6-7,9H2,1H3. The molecular weight excluding hydrogens is 355 g/mol. The Bertz CT molecular complexity index is 790. The summed E-state index contributed by atoms with van der Waals surface area (Å²) in [5, 5.41) is 14.4. The van der Waals surface area contributed by atoms with Gasteiger partial charge >= 0.3 is 0 Å². The monoisotopic (exact) mass is 372 g/mol. The Labute approximate surface area is 143 Å². The van der Waals surface area contributed by atoms with E-state index in [1.54, 1.807) is 0 Å². The molecule has 130 valence electrons. The quantitative estimate of drug-likeness (QED) is 0.722. The minimum Gasteiger partial charge on any atom is -0.387 e. The summed E-state index contributed by atoms with van der Waals surface area (Å²) in [5.74, 6) is -0.428. The molecule has 0 saturated heterocycles. The maximum atomic E-state index is 12.9. The highest BCUT2D eigenvalue weighted by molar-refractivity contribution is 7.89. The van der Waals surface area contributed by atoms with Crippen molar-refractivity contribution in [3.8, 4) is 0 Å². The number of aliphatic hydroxyl groups is 1. The summed E-state index contributed by atoms with van der Waals surface area (Å²) < 4.78 is 39.0. The lowest BCUT2D eigenvalue weighted by Gasteiger charge is -2.20. The maximum absolute atomic E-state index is 12.9. The van der Waals surface area contributed by atoms with Crippen molar-refractivity contribution >= 4 is 21.4 Å². The number of benzene rings is 1. The fourth-order valence-corrected chi connectivity index (χ4v) is 4.53. The Kier molecular flexibility index (Phi) is 6.16. The van der Waals surface area contributed by atoms with Gasteiger partial charge < -0.3 is 5.11 Å². The zero-order valence-electron chi connectivity index (χ0n) is 12.9. The Morgan fingerprint density at radius 1 is 1.33 bits per heavy atom. The van der Waals surface area contributed by atoms with Crippen molar-refractivity contribution in [2.75, 3.05) is 20.1 Å². The van der Waals surface area contributed by atoms with Crippen LogP contribution in [0.15, 0.2) is 45.8 Å². The van der Waals surface area contributed by atoms with E-state index in [4.69, 9.17) is 0 Å². The van der Waals surface area contributed by atoms with Crippen LogP contribution in [0.3, 0.4) is 0 Å². The van der Waals surface area contributed by atoms with E-state index in [-0.39, 0.29) is 18.0 Å². The third kappa shape index (κ3) is 4.44. The molecule has 1 atom stereocenters. The molecule has 0 fully saturated rings. The van der Waals surface area contributed by atoms with Gasteiger partial charge in [-0.25, -0.2) is 12.8 Å². The summed E-state index contributed by atoms with van der Waals surface area (Å²) in [7, 11) is -2.39. The SMILES string of the molecule is CN(CC(O)c1ccc(F)cc1)S(=O)(=O)c1csc(CCN=O)c1. The van der Waals surface area contributed by atoms with Crippen LogP contribution in [0.5, 0.6) is 0 Å². The van der Waals surface area contributed by atoms with Gasteiger partial charge in [0, 0.05) is 30.3 Å². The van der Waals surface area contributed by atoms with Crippen molar-refractivity contribution in [3.63, 3.8) is 0 Å². The summed E-state index contributed by atoms with van der Waals surface area (Å²) >= 11 is 1.24. The molecule has 1 aromatic heterocycles.